The van der Waals surface area contributed by atoms with Crippen LogP contribution in [0.4, 0.5) is 10.1 Å². The zero-order chi connectivity index (χ0) is 23.8. The number of carbonyl (C=O) groups is 1. The van der Waals surface area contributed by atoms with Crippen LogP contribution in [0.1, 0.15) is 37.1 Å². The first-order valence-electron chi connectivity index (χ1n) is 12.1. The second-order valence-electron chi connectivity index (χ2n) is 10.5. The molecule has 8 nitrogen and oxygen atoms in total. The summed E-state index contributed by atoms with van der Waals surface area (Å²) in [4.78, 5) is 24.8. The fourth-order valence-electron chi connectivity index (χ4n) is 5.83. The molecule has 0 spiro atoms. The van der Waals surface area contributed by atoms with E-state index in [1.165, 1.54) is 17.7 Å². The van der Waals surface area contributed by atoms with Crippen LogP contribution in [0.3, 0.4) is 0 Å². The highest BCUT2D eigenvalue weighted by Crippen LogP contribution is 2.59. The molecule has 9 heteroatoms. The fourth-order valence-corrected chi connectivity index (χ4v) is 5.83. The molecule has 1 saturated heterocycles. The Morgan fingerprint density at radius 3 is 2.91 bits per heavy atom. The van der Waals surface area contributed by atoms with E-state index in [2.05, 4.69) is 32.0 Å². The Kier molecular flexibility index (Phi) is 4.87. The maximum Gasteiger partial charge on any atom is 0.243 e. The summed E-state index contributed by atoms with van der Waals surface area (Å²) in [5.41, 5.74) is 5.35. The minimum Gasteiger partial charge on any atom is -0.379 e. The van der Waals surface area contributed by atoms with E-state index in [1.54, 1.807) is 18.9 Å². The number of imidazole rings is 1. The Balaban J connectivity index is 1.33. The van der Waals surface area contributed by atoms with Crippen molar-refractivity contribution in [1.82, 2.24) is 25.1 Å². The van der Waals surface area contributed by atoms with Crippen LogP contribution < -0.4 is 4.90 Å². The Hall–Kier alpha value is -2.78. The van der Waals surface area contributed by atoms with E-state index in [0.29, 0.717) is 60.2 Å². The van der Waals surface area contributed by atoms with Crippen LogP contribution >= 0.6 is 0 Å². The van der Waals surface area contributed by atoms with Gasteiger partial charge in [0.1, 0.15) is 11.2 Å². The van der Waals surface area contributed by atoms with E-state index < -0.39 is 5.82 Å². The normalized spacial score (nSPS) is 25.1. The van der Waals surface area contributed by atoms with Gasteiger partial charge < -0.3 is 14.6 Å². The number of fused-ring (bicyclic) bond motifs is 3. The van der Waals surface area contributed by atoms with E-state index in [0.717, 1.165) is 18.5 Å². The number of aromatic nitrogens is 4. The number of rotatable bonds is 4. The van der Waals surface area contributed by atoms with Crippen molar-refractivity contribution < 1.29 is 13.9 Å². The molecule has 1 unspecified atom stereocenters. The highest BCUT2D eigenvalue weighted by Gasteiger charge is 2.53. The number of likely N-dealkylation sites (N-methyl/N-ethyl adjacent to an activating group) is 1. The molecule has 2 N–H and O–H groups in total. The molecule has 3 heterocycles. The number of ether oxygens (including phenoxy) is 1. The number of hydrogen-bond donors (Lipinski definition) is 2. The first kappa shape index (κ1) is 21.7. The lowest BCUT2D eigenvalue weighted by Gasteiger charge is -2.34. The molecule has 1 aliphatic heterocycles. The standard InChI is InChI=1S/C25H31FN6O2/c1-13-19(31(4)24(33)14(2)32-5-7-34-8-6-32)10-17-22(20(13)26)28-23(27-17)21-16-9-15-11-25(15,3)12-18(16)29-30-21/h10,14-15H,5-9,11-12H2,1-4H3,(H,27,28)(H,29,30)/t14?,15-,25-/m1/s1. The molecule has 2 aromatic heterocycles. The summed E-state index contributed by atoms with van der Waals surface area (Å²) < 4.78 is 20.9. The van der Waals surface area contributed by atoms with Crippen molar-refractivity contribution in [3.8, 4) is 11.5 Å². The summed E-state index contributed by atoms with van der Waals surface area (Å²) in [6, 6.07) is 1.51. The molecule has 1 saturated carbocycles. The molecule has 2 fully saturated rings. The molecule has 3 aromatic rings. The van der Waals surface area contributed by atoms with Crippen molar-refractivity contribution in [3.63, 3.8) is 0 Å². The average molecular weight is 467 g/mol. The van der Waals surface area contributed by atoms with Crippen LogP contribution in [0.15, 0.2) is 6.07 Å². The predicted octanol–water partition coefficient (Wildman–Crippen LogP) is 3.21. The topological polar surface area (TPSA) is 90.1 Å². The largest absolute Gasteiger partial charge is 0.379 e. The lowest BCUT2D eigenvalue weighted by Crippen LogP contribution is -2.50. The number of carbonyl (C=O) groups excluding carboxylic acids is 1. The number of aromatic amines is 2. The first-order valence-corrected chi connectivity index (χ1v) is 12.1. The first-order chi connectivity index (χ1) is 16.3. The zero-order valence-electron chi connectivity index (χ0n) is 20.2. The van der Waals surface area contributed by atoms with Crippen LogP contribution in [-0.2, 0) is 22.4 Å². The summed E-state index contributed by atoms with van der Waals surface area (Å²) in [5.74, 6) is 0.785. The molecule has 0 bridgehead atoms. The van der Waals surface area contributed by atoms with Crippen LogP contribution in [-0.4, -0.2) is 70.4 Å². The third-order valence-electron chi connectivity index (χ3n) is 8.32. The molecule has 2 aliphatic carbocycles. The molecule has 34 heavy (non-hydrogen) atoms. The lowest BCUT2D eigenvalue weighted by molar-refractivity contribution is -0.124. The van der Waals surface area contributed by atoms with Crippen molar-refractivity contribution in [3.05, 3.63) is 28.7 Å². The van der Waals surface area contributed by atoms with E-state index in [4.69, 9.17) is 4.74 Å². The van der Waals surface area contributed by atoms with Gasteiger partial charge in [0.15, 0.2) is 11.6 Å². The monoisotopic (exact) mass is 466 g/mol. The smallest absolute Gasteiger partial charge is 0.243 e. The van der Waals surface area contributed by atoms with Crippen molar-refractivity contribution in [2.24, 2.45) is 11.3 Å². The summed E-state index contributed by atoms with van der Waals surface area (Å²) in [5, 5.41) is 7.74. The molecule has 3 aliphatic rings. The van der Waals surface area contributed by atoms with Crippen molar-refractivity contribution in [2.45, 2.75) is 46.1 Å². The highest BCUT2D eigenvalue weighted by molar-refractivity contribution is 5.99. The molecule has 0 radical (unpaired) electrons. The van der Waals surface area contributed by atoms with Crippen molar-refractivity contribution in [1.29, 1.82) is 0 Å². The van der Waals surface area contributed by atoms with E-state index in [1.807, 2.05) is 13.0 Å². The van der Waals surface area contributed by atoms with Gasteiger partial charge in [-0.1, -0.05) is 6.92 Å². The summed E-state index contributed by atoms with van der Waals surface area (Å²) in [6.07, 6.45) is 3.24. The van der Waals surface area contributed by atoms with Gasteiger partial charge in [-0.25, -0.2) is 9.37 Å². The van der Waals surface area contributed by atoms with Gasteiger partial charge in [-0.05, 0) is 50.5 Å². The number of nitrogens with zero attached hydrogens (tertiary/aromatic N) is 4. The molecule has 180 valence electrons. The summed E-state index contributed by atoms with van der Waals surface area (Å²) in [7, 11) is 1.71. The molecular formula is C25H31FN6O2. The maximum atomic E-state index is 15.5. The minimum atomic E-state index is -0.409. The van der Waals surface area contributed by atoms with Gasteiger partial charge in [0.2, 0.25) is 5.91 Å². The molecular weight excluding hydrogens is 435 g/mol. The van der Waals surface area contributed by atoms with Gasteiger partial charge in [-0.15, -0.1) is 0 Å². The number of halogens is 1. The number of benzene rings is 1. The number of morpholine rings is 1. The molecule has 1 aromatic carbocycles. The second kappa shape index (κ2) is 7.61. The second-order valence-corrected chi connectivity index (χ2v) is 10.5. The van der Waals surface area contributed by atoms with E-state index >= 15 is 4.39 Å². The third kappa shape index (κ3) is 3.28. The number of hydrogen-bond acceptors (Lipinski definition) is 5. The van der Waals surface area contributed by atoms with Crippen molar-refractivity contribution >= 4 is 22.6 Å². The SMILES string of the molecule is Cc1c(N(C)C(=O)C(C)N2CCOCC2)cc2[nH]c(-c3n[nH]c4c3C[C@@H]3C[C@]3(C)C4)nc2c1F. The predicted molar refractivity (Wildman–Crippen MR) is 127 cm³/mol. The van der Waals surface area contributed by atoms with Crippen LogP contribution in [0.25, 0.3) is 22.6 Å². The van der Waals surface area contributed by atoms with Gasteiger partial charge in [0, 0.05) is 37.0 Å². The van der Waals surface area contributed by atoms with Crippen LogP contribution in [0.5, 0.6) is 0 Å². The van der Waals surface area contributed by atoms with Crippen molar-refractivity contribution in [2.75, 3.05) is 38.3 Å². The number of H-pyrrole nitrogens is 2. The third-order valence-corrected chi connectivity index (χ3v) is 8.32. The summed E-state index contributed by atoms with van der Waals surface area (Å²) in [6.45, 7) is 8.60. The Morgan fingerprint density at radius 2 is 2.15 bits per heavy atom. The average Bonchev–Trinajstić information content (AvgIpc) is 3.13. The van der Waals surface area contributed by atoms with Gasteiger partial charge in [0.05, 0.1) is 30.5 Å². The Morgan fingerprint density at radius 1 is 1.38 bits per heavy atom. The van der Waals surface area contributed by atoms with Crippen LogP contribution in [0.2, 0.25) is 0 Å². The van der Waals surface area contributed by atoms with Gasteiger partial charge in [0.25, 0.3) is 0 Å². The molecule has 6 rings (SSSR count). The fraction of sp³-hybridized carbons (Fsp3) is 0.560. The number of nitrogens with one attached hydrogen (secondary N) is 2. The zero-order valence-corrected chi connectivity index (χ0v) is 20.2. The Labute approximate surface area is 197 Å². The van der Waals surface area contributed by atoms with Gasteiger partial charge >= 0.3 is 0 Å². The minimum absolute atomic E-state index is 0.0719. The van der Waals surface area contributed by atoms with Crippen LogP contribution in [0, 0.1) is 24.1 Å². The molecule has 1 amide bonds. The lowest BCUT2D eigenvalue weighted by atomic mass is 9.88. The maximum absolute atomic E-state index is 15.5. The number of amides is 1. The number of anilines is 1. The van der Waals surface area contributed by atoms with E-state index in [9.17, 15) is 4.79 Å². The molecule has 3 atom stereocenters. The highest BCUT2D eigenvalue weighted by atomic mass is 19.1. The quantitative estimate of drug-likeness (QED) is 0.616. The summed E-state index contributed by atoms with van der Waals surface area (Å²) >= 11 is 0. The van der Waals surface area contributed by atoms with Gasteiger partial charge in [-0.2, -0.15) is 5.10 Å². The van der Waals surface area contributed by atoms with Gasteiger partial charge in [-0.3, -0.25) is 14.8 Å². The van der Waals surface area contributed by atoms with E-state index in [-0.39, 0.29) is 17.5 Å². The Bertz CT molecular complexity index is 1290.